The predicted octanol–water partition coefficient (Wildman–Crippen LogP) is 3.34. The Bertz CT molecular complexity index is 329. The van der Waals surface area contributed by atoms with Gasteiger partial charge in [0.05, 0.1) is 12.2 Å². The normalized spacial score (nSPS) is 33.3. The average Bonchev–Trinajstić information content (AvgIpc) is 2.95. The number of aliphatic carboxylic acids is 1. The number of thioether (sulfide) groups is 1. The van der Waals surface area contributed by atoms with Gasteiger partial charge in [0.15, 0.2) is 0 Å². The van der Waals surface area contributed by atoms with E-state index in [1.54, 1.807) is 0 Å². The molecule has 2 heterocycles. The number of carboxylic acids is 1. The Hall–Kier alpha value is -0.480. The van der Waals surface area contributed by atoms with Gasteiger partial charge in [0.2, 0.25) is 0 Å². The monoisotopic (exact) mass is 284 g/mol. The summed E-state index contributed by atoms with van der Waals surface area (Å²) in [6, 6.07) is 0. The predicted molar refractivity (Wildman–Crippen MR) is 78.5 cm³/mol. The molecule has 108 valence electrons. The van der Waals surface area contributed by atoms with E-state index in [2.05, 4.69) is 18.4 Å². The molecule has 2 bridgehead atoms. The van der Waals surface area contributed by atoms with E-state index in [4.69, 9.17) is 9.84 Å². The lowest BCUT2D eigenvalue weighted by atomic mass is 9.78. The summed E-state index contributed by atoms with van der Waals surface area (Å²) in [5.41, 5.74) is 0. The summed E-state index contributed by atoms with van der Waals surface area (Å²) < 4.78 is 6.03. The van der Waals surface area contributed by atoms with Gasteiger partial charge in [-0.05, 0) is 55.9 Å². The van der Waals surface area contributed by atoms with Crippen LogP contribution in [0.1, 0.15) is 38.5 Å². The van der Waals surface area contributed by atoms with Gasteiger partial charge in [-0.1, -0.05) is 12.2 Å². The van der Waals surface area contributed by atoms with Crippen molar-refractivity contribution in [2.24, 2.45) is 11.8 Å². The highest BCUT2D eigenvalue weighted by Gasteiger charge is 2.47. The number of carbonyl (C=O) groups is 1. The van der Waals surface area contributed by atoms with E-state index < -0.39 is 5.97 Å². The molecule has 1 N–H and O–H groups in total. The first-order valence-electron chi connectivity index (χ1n) is 7.23. The lowest BCUT2D eigenvalue weighted by Gasteiger charge is -2.26. The van der Waals surface area contributed by atoms with Crippen molar-refractivity contribution in [1.82, 2.24) is 0 Å². The van der Waals surface area contributed by atoms with Crippen molar-refractivity contribution >= 4 is 17.7 Å². The van der Waals surface area contributed by atoms with E-state index in [9.17, 15) is 4.79 Å². The number of ether oxygens (including phenoxy) is 1. The molecular formula is C15H24O3S. The fourth-order valence-electron chi connectivity index (χ4n) is 3.36. The highest BCUT2D eigenvalue weighted by Crippen LogP contribution is 2.46. The molecule has 19 heavy (non-hydrogen) atoms. The van der Waals surface area contributed by atoms with E-state index >= 15 is 0 Å². The van der Waals surface area contributed by atoms with Crippen molar-refractivity contribution in [3.05, 3.63) is 12.2 Å². The number of hydrogen-bond donors (Lipinski definition) is 1. The van der Waals surface area contributed by atoms with Gasteiger partial charge in [0, 0.05) is 6.42 Å². The molecule has 0 aromatic rings. The molecule has 0 aromatic heterocycles. The number of carboxylic acid groups (broad SMARTS) is 1. The molecule has 0 spiro atoms. The first-order chi connectivity index (χ1) is 9.22. The molecule has 4 heteroatoms. The zero-order valence-electron chi connectivity index (χ0n) is 11.6. The van der Waals surface area contributed by atoms with Crippen molar-refractivity contribution < 1.29 is 14.6 Å². The number of fused-ring (bicyclic) bond motifs is 2. The topological polar surface area (TPSA) is 46.5 Å². The second-order valence-corrected chi connectivity index (χ2v) is 6.48. The lowest BCUT2D eigenvalue weighted by molar-refractivity contribution is -0.137. The molecule has 2 fully saturated rings. The zero-order chi connectivity index (χ0) is 13.7. The molecule has 2 rings (SSSR count). The molecule has 2 aliphatic rings. The molecule has 2 saturated heterocycles. The van der Waals surface area contributed by atoms with Gasteiger partial charge in [-0.3, -0.25) is 4.79 Å². The minimum atomic E-state index is -0.699. The fraction of sp³-hybridized carbons (Fsp3) is 0.800. The van der Waals surface area contributed by atoms with Gasteiger partial charge in [0.1, 0.15) is 0 Å². The molecule has 0 aliphatic carbocycles. The Kier molecular flexibility index (Phi) is 5.76. The third-order valence-corrected chi connectivity index (χ3v) is 5.00. The van der Waals surface area contributed by atoms with E-state index in [0.29, 0.717) is 18.1 Å². The minimum absolute atomic E-state index is 0.274. The summed E-state index contributed by atoms with van der Waals surface area (Å²) in [6.45, 7) is 0. The van der Waals surface area contributed by atoms with Crippen molar-refractivity contribution in [1.29, 1.82) is 0 Å². The Morgan fingerprint density at radius 2 is 2.05 bits per heavy atom. The zero-order valence-corrected chi connectivity index (χ0v) is 12.4. The van der Waals surface area contributed by atoms with Crippen molar-refractivity contribution in [3.8, 4) is 0 Å². The number of unbranched alkanes of at least 4 members (excludes halogenated alkanes) is 1. The summed E-state index contributed by atoms with van der Waals surface area (Å²) >= 11 is 1.92. The molecule has 3 nitrogen and oxygen atoms in total. The van der Waals surface area contributed by atoms with Gasteiger partial charge >= 0.3 is 5.97 Å². The quantitative estimate of drug-likeness (QED) is 0.548. The van der Waals surface area contributed by atoms with E-state index in [1.165, 1.54) is 18.6 Å². The van der Waals surface area contributed by atoms with Gasteiger partial charge in [-0.25, -0.2) is 0 Å². The smallest absolute Gasteiger partial charge is 0.303 e. The number of rotatable bonds is 8. The molecule has 4 atom stereocenters. The summed E-state index contributed by atoms with van der Waals surface area (Å²) in [6.07, 6.45) is 13.0. The second kappa shape index (κ2) is 7.34. The van der Waals surface area contributed by atoms with Gasteiger partial charge in [-0.2, -0.15) is 11.8 Å². The third kappa shape index (κ3) is 3.99. The van der Waals surface area contributed by atoms with Crippen molar-refractivity contribution in [2.75, 3.05) is 12.0 Å². The summed E-state index contributed by atoms with van der Waals surface area (Å²) in [4.78, 5) is 10.4. The van der Waals surface area contributed by atoms with E-state index in [1.807, 2.05) is 11.8 Å². The standard InChI is InChI=1S/C15H24O3S/c1-19-10-12-11(13-8-9-14(12)18-13)6-4-2-3-5-7-15(16)17/h2,4,11-14H,3,5-10H2,1H3,(H,16,17)/t11-,12+,13-,14+/m1/s1. The van der Waals surface area contributed by atoms with E-state index in [-0.39, 0.29) is 6.42 Å². The first kappa shape index (κ1) is 14.9. The summed E-state index contributed by atoms with van der Waals surface area (Å²) in [5.74, 6) is 1.91. The van der Waals surface area contributed by atoms with Crippen LogP contribution in [0.15, 0.2) is 12.2 Å². The minimum Gasteiger partial charge on any atom is -0.481 e. The number of hydrogen-bond acceptors (Lipinski definition) is 3. The maximum absolute atomic E-state index is 10.4. The Morgan fingerprint density at radius 1 is 1.32 bits per heavy atom. The highest BCUT2D eigenvalue weighted by molar-refractivity contribution is 7.98. The van der Waals surface area contributed by atoms with Crippen molar-refractivity contribution in [2.45, 2.75) is 50.7 Å². The van der Waals surface area contributed by atoms with Crippen LogP contribution in [-0.2, 0) is 9.53 Å². The van der Waals surface area contributed by atoms with Gasteiger partial charge < -0.3 is 9.84 Å². The lowest BCUT2D eigenvalue weighted by Crippen LogP contribution is -2.28. The van der Waals surface area contributed by atoms with Crippen LogP contribution < -0.4 is 0 Å². The number of allylic oxidation sites excluding steroid dienone is 2. The maximum atomic E-state index is 10.4. The van der Waals surface area contributed by atoms with Crippen LogP contribution in [0.25, 0.3) is 0 Å². The van der Waals surface area contributed by atoms with Gasteiger partial charge in [-0.15, -0.1) is 0 Å². The molecule has 0 amide bonds. The molecule has 2 aliphatic heterocycles. The van der Waals surface area contributed by atoms with Gasteiger partial charge in [0.25, 0.3) is 0 Å². The maximum Gasteiger partial charge on any atom is 0.303 e. The molecule has 0 saturated carbocycles. The van der Waals surface area contributed by atoms with Crippen LogP contribution in [0.2, 0.25) is 0 Å². The third-order valence-electron chi connectivity index (χ3n) is 4.29. The molecule has 0 unspecified atom stereocenters. The van der Waals surface area contributed by atoms with Crippen molar-refractivity contribution in [3.63, 3.8) is 0 Å². The SMILES string of the molecule is CSC[C@H]1[C@@H](CC=CCCCC(=O)O)[C@H]2CC[C@@H]1O2. The van der Waals surface area contributed by atoms with Crippen LogP contribution in [0, 0.1) is 11.8 Å². The fourth-order valence-corrected chi connectivity index (χ4v) is 4.21. The van der Waals surface area contributed by atoms with Crippen LogP contribution in [0.3, 0.4) is 0 Å². The molecule has 0 radical (unpaired) electrons. The Morgan fingerprint density at radius 3 is 2.74 bits per heavy atom. The van der Waals surface area contributed by atoms with Crippen LogP contribution >= 0.6 is 11.8 Å². The first-order valence-corrected chi connectivity index (χ1v) is 8.63. The van der Waals surface area contributed by atoms with E-state index in [0.717, 1.165) is 25.2 Å². The largest absolute Gasteiger partial charge is 0.481 e. The second-order valence-electron chi connectivity index (χ2n) is 5.57. The Balaban J connectivity index is 1.72. The Labute approximate surface area is 119 Å². The highest BCUT2D eigenvalue weighted by atomic mass is 32.2. The molecule has 0 aromatic carbocycles. The molecular weight excluding hydrogens is 260 g/mol. The average molecular weight is 284 g/mol. The van der Waals surface area contributed by atoms with Crippen LogP contribution in [0.5, 0.6) is 0 Å². The summed E-state index contributed by atoms with van der Waals surface area (Å²) in [7, 11) is 0. The summed E-state index contributed by atoms with van der Waals surface area (Å²) in [5, 5.41) is 8.56. The van der Waals surface area contributed by atoms with Crippen LogP contribution in [-0.4, -0.2) is 35.3 Å². The van der Waals surface area contributed by atoms with Crippen LogP contribution in [0.4, 0.5) is 0 Å².